The minimum absolute atomic E-state index is 0.187. The molecule has 0 atom stereocenters. The van der Waals surface area contributed by atoms with E-state index in [1.54, 1.807) is 13.0 Å². The Hall–Kier alpha value is -1.42. The molecule has 0 aromatic heterocycles. The first-order chi connectivity index (χ1) is 7.99. The molecule has 0 heterocycles. The molecule has 4 heteroatoms. The van der Waals surface area contributed by atoms with Crippen LogP contribution in [-0.4, -0.2) is 29.6 Å². The molecule has 1 rings (SSSR count). The maximum atomic E-state index is 13.0. The number of benzene rings is 1. The molecule has 1 aromatic carbocycles. The van der Waals surface area contributed by atoms with Crippen LogP contribution < -0.4 is 0 Å². The third-order valence-corrected chi connectivity index (χ3v) is 2.61. The second kappa shape index (κ2) is 6.35. The van der Waals surface area contributed by atoms with Crippen LogP contribution in [0.3, 0.4) is 0 Å². The second-order valence-electron chi connectivity index (χ2n) is 4.32. The fraction of sp³-hybridized carbons (Fsp3) is 0.462. The van der Waals surface area contributed by atoms with Crippen LogP contribution in [0.1, 0.15) is 24.0 Å². The Morgan fingerprint density at radius 3 is 2.76 bits per heavy atom. The van der Waals surface area contributed by atoms with Crippen molar-refractivity contribution in [1.29, 1.82) is 0 Å². The van der Waals surface area contributed by atoms with Gasteiger partial charge in [0.15, 0.2) is 0 Å². The first kappa shape index (κ1) is 13.6. The van der Waals surface area contributed by atoms with Crippen LogP contribution in [0.25, 0.3) is 0 Å². The first-order valence-corrected chi connectivity index (χ1v) is 5.64. The van der Waals surface area contributed by atoms with E-state index < -0.39 is 5.97 Å². The SMILES string of the molecule is Cc1cc(CN(C)CCCC(=O)O)ccc1F. The van der Waals surface area contributed by atoms with Crippen LogP contribution in [0.4, 0.5) is 4.39 Å². The summed E-state index contributed by atoms with van der Waals surface area (Å²) in [4.78, 5) is 12.4. The van der Waals surface area contributed by atoms with E-state index in [4.69, 9.17) is 5.11 Å². The summed E-state index contributed by atoms with van der Waals surface area (Å²) in [6.45, 7) is 3.17. The van der Waals surface area contributed by atoms with Crippen LogP contribution in [0.2, 0.25) is 0 Å². The van der Waals surface area contributed by atoms with Crippen LogP contribution in [-0.2, 0) is 11.3 Å². The fourth-order valence-corrected chi connectivity index (χ4v) is 1.70. The molecule has 17 heavy (non-hydrogen) atoms. The fourth-order valence-electron chi connectivity index (χ4n) is 1.70. The van der Waals surface area contributed by atoms with E-state index in [0.29, 0.717) is 18.5 Å². The summed E-state index contributed by atoms with van der Waals surface area (Å²) in [6, 6.07) is 5.05. The highest BCUT2D eigenvalue weighted by Crippen LogP contribution is 2.11. The molecular weight excluding hydrogens is 221 g/mol. The van der Waals surface area contributed by atoms with Crippen molar-refractivity contribution in [1.82, 2.24) is 4.90 Å². The quantitative estimate of drug-likeness (QED) is 0.828. The molecule has 0 unspecified atom stereocenters. The van der Waals surface area contributed by atoms with Gasteiger partial charge in [0.1, 0.15) is 5.82 Å². The van der Waals surface area contributed by atoms with E-state index in [1.807, 2.05) is 18.0 Å². The van der Waals surface area contributed by atoms with Gasteiger partial charge in [-0.15, -0.1) is 0 Å². The summed E-state index contributed by atoms with van der Waals surface area (Å²) < 4.78 is 13.0. The van der Waals surface area contributed by atoms with Crippen molar-refractivity contribution in [3.63, 3.8) is 0 Å². The monoisotopic (exact) mass is 239 g/mol. The number of halogens is 1. The zero-order valence-corrected chi connectivity index (χ0v) is 10.2. The van der Waals surface area contributed by atoms with Gasteiger partial charge in [-0.3, -0.25) is 4.79 Å². The number of aliphatic carboxylic acids is 1. The number of hydrogen-bond acceptors (Lipinski definition) is 2. The van der Waals surface area contributed by atoms with Crippen molar-refractivity contribution in [2.75, 3.05) is 13.6 Å². The molecule has 0 aliphatic rings. The largest absolute Gasteiger partial charge is 0.481 e. The predicted octanol–water partition coefficient (Wildman–Crippen LogP) is 2.43. The second-order valence-corrected chi connectivity index (χ2v) is 4.32. The van der Waals surface area contributed by atoms with E-state index in [2.05, 4.69) is 0 Å². The maximum absolute atomic E-state index is 13.0. The molecule has 3 nitrogen and oxygen atoms in total. The van der Waals surface area contributed by atoms with Gasteiger partial charge in [-0.1, -0.05) is 12.1 Å². The molecule has 0 fully saturated rings. The Morgan fingerprint density at radius 1 is 1.47 bits per heavy atom. The van der Waals surface area contributed by atoms with Gasteiger partial charge in [0.05, 0.1) is 0 Å². The minimum atomic E-state index is -0.768. The highest BCUT2D eigenvalue weighted by atomic mass is 19.1. The number of rotatable bonds is 6. The molecule has 0 bridgehead atoms. The normalized spacial score (nSPS) is 10.8. The van der Waals surface area contributed by atoms with Gasteiger partial charge in [-0.25, -0.2) is 4.39 Å². The number of carbonyl (C=O) groups is 1. The standard InChI is InChI=1S/C13H18FNO2/c1-10-8-11(5-6-12(10)14)9-15(2)7-3-4-13(16)17/h5-6,8H,3-4,7,9H2,1-2H3,(H,16,17). The van der Waals surface area contributed by atoms with Crippen LogP contribution >= 0.6 is 0 Å². The smallest absolute Gasteiger partial charge is 0.303 e. The molecule has 0 spiro atoms. The number of nitrogens with zero attached hydrogens (tertiary/aromatic N) is 1. The van der Waals surface area contributed by atoms with Crippen molar-refractivity contribution >= 4 is 5.97 Å². The third kappa shape index (κ3) is 4.95. The lowest BCUT2D eigenvalue weighted by atomic mass is 10.1. The summed E-state index contributed by atoms with van der Waals surface area (Å²) >= 11 is 0. The van der Waals surface area contributed by atoms with E-state index in [0.717, 1.165) is 12.1 Å². The molecule has 0 aliphatic carbocycles. The predicted molar refractivity (Wildman–Crippen MR) is 64.3 cm³/mol. The average Bonchev–Trinajstić information content (AvgIpc) is 2.23. The number of hydrogen-bond donors (Lipinski definition) is 1. The van der Waals surface area contributed by atoms with Crippen LogP contribution in [0.5, 0.6) is 0 Å². The molecule has 1 aromatic rings. The molecule has 0 saturated heterocycles. The summed E-state index contributed by atoms with van der Waals surface area (Å²) in [6.07, 6.45) is 0.818. The summed E-state index contributed by atoms with van der Waals surface area (Å²) in [5, 5.41) is 8.52. The molecular formula is C13H18FNO2. The Labute approximate surface area is 101 Å². The van der Waals surface area contributed by atoms with E-state index >= 15 is 0 Å². The van der Waals surface area contributed by atoms with Crippen LogP contribution in [0, 0.1) is 12.7 Å². The van der Waals surface area contributed by atoms with Gasteiger partial charge in [0, 0.05) is 13.0 Å². The minimum Gasteiger partial charge on any atom is -0.481 e. The van der Waals surface area contributed by atoms with Crippen molar-refractivity contribution in [2.24, 2.45) is 0 Å². The Kier molecular flexibility index (Phi) is 5.10. The Balaban J connectivity index is 2.42. The van der Waals surface area contributed by atoms with Gasteiger partial charge in [-0.2, -0.15) is 0 Å². The molecule has 0 saturated carbocycles. The van der Waals surface area contributed by atoms with Gasteiger partial charge < -0.3 is 10.0 Å². The lowest BCUT2D eigenvalue weighted by Crippen LogP contribution is -2.19. The van der Waals surface area contributed by atoms with E-state index in [9.17, 15) is 9.18 Å². The summed E-state index contributed by atoms with van der Waals surface area (Å²) in [5.74, 6) is -0.960. The molecule has 0 aliphatic heterocycles. The van der Waals surface area contributed by atoms with Crippen molar-refractivity contribution in [3.8, 4) is 0 Å². The van der Waals surface area contributed by atoms with Crippen molar-refractivity contribution in [2.45, 2.75) is 26.3 Å². The third-order valence-electron chi connectivity index (χ3n) is 2.61. The van der Waals surface area contributed by atoms with Gasteiger partial charge in [-0.05, 0) is 44.1 Å². The van der Waals surface area contributed by atoms with E-state index in [1.165, 1.54) is 6.07 Å². The lowest BCUT2D eigenvalue weighted by molar-refractivity contribution is -0.137. The van der Waals surface area contributed by atoms with Crippen molar-refractivity contribution in [3.05, 3.63) is 35.1 Å². The molecule has 1 N–H and O–H groups in total. The molecule has 94 valence electrons. The van der Waals surface area contributed by atoms with Gasteiger partial charge in [0.2, 0.25) is 0 Å². The zero-order valence-electron chi connectivity index (χ0n) is 10.2. The summed E-state index contributed by atoms with van der Waals surface area (Å²) in [7, 11) is 1.93. The number of carboxylic acids is 1. The van der Waals surface area contributed by atoms with Crippen molar-refractivity contribution < 1.29 is 14.3 Å². The van der Waals surface area contributed by atoms with Gasteiger partial charge >= 0.3 is 5.97 Å². The maximum Gasteiger partial charge on any atom is 0.303 e. The Bertz CT molecular complexity index is 393. The zero-order chi connectivity index (χ0) is 12.8. The van der Waals surface area contributed by atoms with Crippen LogP contribution in [0.15, 0.2) is 18.2 Å². The highest BCUT2D eigenvalue weighted by Gasteiger charge is 2.04. The highest BCUT2D eigenvalue weighted by molar-refractivity contribution is 5.66. The van der Waals surface area contributed by atoms with E-state index in [-0.39, 0.29) is 12.2 Å². The van der Waals surface area contributed by atoms with Gasteiger partial charge in [0.25, 0.3) is 0 Å². The number of aryl methyl sites for hydroxylation is 1. The Morgan fingerprint density at radius 2 is 2.18 bits per heavy atom. The number of carboxylic acid groups (broad SMARTS) is 1. The average molecular weight is 239 g/mol. The topological polar surface area (TPSA) is 40.5 Å². The molecule has 0 radical (unpaired) electrons. The lowest BCUT2D eigenvalue weighted by Gasteiger charge is -2.16. The first-order valence-electron chi connectivity index (χ1n) is 5.64. The molecule has 0 amide bonds. The summed E-state index contributed by atoms with van der Waals surface area (Å²) in [5.41, 5.74) is 1.68.